The highest BCUT2D eigenvalue weighted by Crippen LogP contribution is 2.10. The summed E-state index contributed by atoms with van der Waals surface area (Å²) in [5.74, 6) is 0. The van der Waals surface area contributed by atoms with Gasteiger partial charge in [0.15, 0.2) is 0 Å². The van der Waals surface area contributed by atoms with E-state index in [0.717, 1.165) is 4.57 Å². The molecule has 0 aliphatic carbocycles. The van der Waals surface area contributed by atoms with E-state index in [-0.39, 0.29) is 17.1 Å². The molecule has 0 amide bonds. The van der Waals surface area contributed by atoms with Gasteiger partial charge in [-0.05, 0) is 36.7 Å². The van der Waals surface area contributed by atoms with Gasteiger partial charge in [-0.3, -0.25) is 0 Å². The molecule has 13 heavy (non-hydrogen) atoms. The van der Waals surface area contributed by atoms with Gasteiger partial charge in [-0.15, -0.1) is 0 Å². The van der Waals surface area contributed by atoms with E-state index in [9.17, 15) is 4.79 Å². The Balaban J connectivity index is 3.02. The average molecular weight is 249 g/mol. The van der Waals surface area contributed by atoms with Gasteiger partial charge in [-0.25, -0.2) is 14.3 Å². The van der Waals surface area contributed by atoms with Crippen LogP contribution in [0.15, 0.2) is 17.1 Å². The van der Waals surface area contributed by atoms with Crippen molar-refractivity contribution < 1.29 is 12.3 Å². The Morgan fingerprint density at radius 2 is 2.38 bits per heavy atom. The molecular weight excluding hydrogens is 236 g/mol. The fourth-order valence-electron chi connectivity index (χ4n) is 0.630. The van der Waals surface area contributed by atoms with E-state index in [2.05, 4.69) is 20.9 Å². The van der Waals surface area contributed by atoms with Gasteiger partial charge in [-0.1, -0.05) is 0 Å². The first-order valence-electron chi connectivity index (χ1n) is 4.67. The molecule has 0 radical (unpaired) electrons. The highest BCUT2D eigenvalue weighted by atomic mass is 79.9. The van der Waals surface area contributed by atoms with Gasteiger partial charge >= 0.3 is 6.09 Å². The molecule has 4 nitrogen and oxygen atoms in total. The van der Waals surface area contributed by atoms with Crippen LogP contribution in [0.5, 0.6) is 0 Å². The zero-order chi connectivity index (χ0) is 11.8. The lowest BCUT2D eigenvalue weighted by Crippen LogP contribution is -2.26. The summed E-state index contributed by atoms with van der Waals surface area (Å²) in [5.41, 5.74) is -0.660. The van der Waals surface area contributed by atoms with Crippen molar-refractivity contribution in [2.75, 3.05) is 0 Å². The molecule has 0 aromatic carbocycles. The largest absolute Gasteiger partial charge is 0.443 e. The molecule has 72 valence electrons. The van der Waals surface area contributed by atoms with Gasteiger partial charge in [-0.2, -0.15) is 0 Å². The topological polar surface area (TPSA) is 44.1 Å². The minimum atomic E-state index is -0.768. The summed E-state index contributed by atoms with van der Waals surface area (Å²) in [4.78, 5) is 15.2. The van der Waals surface area contributed by atoms with Crippen molar-refractivity contribution in [3.63, 3.8) is 0 Å². The molecular formula is C8H11BrN2O2. The maximum Gasteiger partial charge on any atom is 0.419 e. The van der Waals surface area contributed by atoms with E-state index >= 15 is 0 Å². The number of hydrogen-bond donors (Lipinski definition) is 0. The molecule has 1 heterocycles. The van der Waals surface area contributed by atoms with Gasteiger partial charge in [0.25, 0.3) is 0 Å². The third kappa shape index (κ3) is 3.18. The van der Waals surface area contributed by atoms with Crippen LogP contribution in [-0.4, -0.2) is 21.2 Å². The Hall–Kier alpha value is -0.840. The Labute approximate surface area is 87.8 Å². The second kappa shape index (κ2) is 3.49. The number of halogens is 1. The molecule has 1 aromatic rings. The van der Waals surface area contributed by atoms with Crippen LogP contribution in [-0.2, 0) is 4.74 Å². The molecule has 5 heteroatoms. The minimum absolute atomic E-state index is 0.151. The molecule has 0 fully saturated rings. The highest BCUT2D eigenvalue weighted by Gasteiger charge is 2.17. The van der Waals surface area contributed by atoms with E-state index in [1.54, 1.807) is 20.8 Å². The molecule has 0 unspecified atom stereocenters. The first-order valence-corrected chi connectivity index (χ1v) is 4.46. The molecule has 0 saturated heterocycles. The number of carbonyl (C=O) groups is 1. The zero-order valence-corrected chi connectivity index (χ0v) is 9.17. The maximum absolute atomic E-state index is 11.6. The van der Waals surface area contributed by atoms with Crippen molar-refractivity contribution in [3.8, 4) is 0 Å². The van der Waals surface area contributed by atoms with Crippen LogP contribution >= 0.6 is 15.9 Å². The van der Waals surface area contributed by atoms with Crippen LogP contribution in [0.4, 0.5) is 4.79 Å². The van der Waals surface area contributed by atoms with Crippen LogP contribution < -0.4 is 0 Å². The number of rotatable bonds is 0. The van der Waals surface area contributed by atoms with Crippen LogP contribution in [0, 0.1) is 0 Å². The number of hydrogen-bond acceptors (Lipinski definition) is 3. The van der Waals surface area contributed by atoms with Crippen molar-refractivity contribution in [3.05, 3.63) is 17.1 Å². The van der Waals surface area contributed by atoms with Gasteiger partial charge in [0.05, 0.1) is 1.37 Å². The van der Waals surface area contributed by atoms with E-state index < -0.39 is 11.7 Å². The number of carbonyl (C=O) groups excluding carboxylic acids is 1. The Morgan fingerprint density at radius 3 is 2.77 bits per heavy atom. The van der Waals surface area contributed by atoms with Crippen molar-refractivity contribution in [2.45, 2.75) is 26.4 Å². The number of ether oxygens (including phenoxy) is 1. The minimum Gasteiger partial charge on any atom is -0.443 e. The maximum atomic E-state index is 11.6. The van der Waals surface area contributed by atoms with Crippen molar-refractivity contribution in [1.29, 1.82) is 0 Å². The summed E-state index contributed by atoms with van der Waals surface area (Å²) in [7, 11) is 0. The molecule has 0 atom stereocenters. The fourth-order valence-corrected chi connectivity index (χ4v) is 0.887. The lowest BCUT2D eigenvalue weighted by atomic mass is 10.2. The summed E-state index contributed by atoms with van der Waals surface area (Å²) >= 11 is 2.97. The third-order valence-electron chi connectivity index (χ3n) is 1.03. The number of nitrogens with zero attached hydrogens (tertiary/aromatic N) is 2. The standard InChI is InChI=1S/C8H11BrN2O2/c1-8(2,3)13-7(12)11-4-6(9)10-5-11/h4-5H,1-3H3/i4D,5D. The molecule has 0 N–H and O–H groups in total. The second-order valence-electron chi connectivity index (χ2n) is 3.43. The van der Waals surface area contributed by atoms with E-state index in [1.807, 2.05) is 0 Å². The molecule has 0 saturated carbocycles. The highest BCUT2D eigenvalue weighted by molar-refractivity contribution is 9.10. The SMILES string of the molecule is [2H]c1nc(Br)c([2H])n1C(=O)OC(C)(C)C. The number of aromatic nitrogens is 2. The smallest absolute Gasteiger partial charge is 0.419 e. The Kier molecular flexibility index (Phi) is 2.03. The molecule has 0 aliphatic rings. The Bertz CT molecular complexity index is 398. The number of imidazole rings is 1. The van der Waals surface area contributed by atoms with Crippen LogP contribution in [0.3, 0.4) is 0 Å². The molecule has 0 spiro atoms. The fraction of sp³-hybridized carbons (Fsp3) is 0.500. The van der Waals surface area contributed by atoms with Crippen molar-refractivity contribution in [1.82, 2.24) is 9.55 Å². The van der Waals surface area contributed by atoms with E-state index in [0.29, 0.717) is 0 Å². The molecule has 1 aromatic heterocycles. The first kappa shape index (κ1) is 7.55. The quantitative estimate of drug-likeness (QED) is 0.709. The van der Waals surface area contributed by atoms with Crippen LogP contribution in [0.1, 0.15) is 23.5 Å². The molecule has 1 rings (SSSR count). The average Bonchev–Trinajstić information content (AvgIpc) is 2.22. The van der Waals surface area contributed by atoms with Crippen LogP contribution in [0.25, 0.3) is 0 Å². The van der Waals surface area contributed by atoms with Crippen molar-refractivity contribution >= 4 is 22.0 Å². The summed E-state index contributed by atoms with van der Waals surface area (Å²) in [6.07, 6.45) is -1.27. The predicted octanol–water partition coefficient (Wildman–Crippen LogP) is 2.43. The van der Waals surface area contributed by atoms with E-state index in [4.69, 9.17) is 7.48 Å². The van der Waals surface area contributed by atoms with Gasteiger partial charge in [0, 0.05) is 6.17 Å². The lowest BCUT2D eigenvalue weighted by Gasteiger charge is -2.18. The summed E-state index contributed by atoms with van der Waals surface area (Å²) in [6, 6.07) is 0. The van der Waals surface area contributed by atoms with Crippen molar-refractivity contribution in [2.24, 2.45) is 0 Å². The normalized spacial score (nSPS) is 13.5. The van der Waals surface area contributed by atoms with Crippen LogP contribution in [0.2, 0.25) is 0 Å². The molecule has 0 bridgehead atoms. The summed E-state index contributed by atoms with van der Waals surface area (Å²) in [6.45, 7) is 5.14. The lowest BCUT2D eigenvalue weighted by molar-refractivity contribution is 0.0536. The molecule has 0 aliphatic heterocycles. The monoisotopic (exact) mass is 248 g/mol. The third-order valence-corrected chi connectivity index (χ3v) is 1.38. The van der Waals surface area contributed by atoms with E-state index in [1.165, 1.54) is 0 Å². The predicted molar refractivity (Wildman–Crippen MR) is 51.6 cm³/mol. The van der Waals surface area contributed by atoms with Gasteiger partial charge in [0.2, 0.25) is 0 Å². The summed E-state index contributed by atoms with van der Waals surface area (Å²) in [5, 5.41) is 0. The summed E-state index contributed by atoms with van der Waals surface area (Å²) < 4.78 is 20.8. The zero-order valence-electron chi connectivity index (χ0n) is 9.59. The first-order chi connectivity index (χ1) is 6.72. The van der Waals surface area contributed by atoms with Gasteiger partial charge < -0.3 is 4.74 Å². The Morgan fingerprint density at radius 1 is 1.77 bits per heavy atom. The van der Waals surface area contributed by atoms with Gasteiger partial charge in [0.1, 0.15) is 17.9 Å². The second-order valence-corrected chi connectivity index (χ2v) is 4.18.